The number of carbonyl (C=O) groups is 1. The number of aromatic nitrogens is 3. The van der Waals surface area contributed by atoms with E-state index < -0.39 is 23.2 Å². The van der Waals surface area contributed by atoms with Gasteiger partial charge in [-0.25, -0.2) is 28.5 Å². The summed E-state index contributed by atoms with van der Waals surface area (Å²) in [7, 11) is 0. The fourth-order valence-corrected chi connectivity index (χ4v) is 2.57. The number of benzene rings is 1. The van der Waals surface area contributed by atoms with Gasteiger partial charge < -0.3 is 10.8 Å². The molecule has 3 aromatic rings. The van der Waals surface area contributed by atoms with Crippen molar-refractivity contribution in [3.8, 4) is 23.1 Å². The zero-order valence-corrected chi connectivity index (χ0v) is 14.7. The molecule has 2 heterocycles. The van der Waals surface area contributed by atoms with Crippen molar-refractivity contribution in [2.45, 2.75) is 13.3 Å². The minimum atomic E-state index is -1.69. The maximum Gasteiger partial charge on any atom is 0.341 e. The number of anilines is 1. The first-order valence-corrected chi connectivity index (χ1v) is 8.20. The molecule has 0 spiro atoms. The molecule has 0 aliphatic heterocycles. The van der Waals surface area contributed by atoms with Gasteiger partial charge in [0.15, 0.2) is 0 Å². The summed E-state index contributed by atoms with van der Waals surface area (Å²) in [6.45, 7) is 1.86. The van der Waals surface area contributed by atoms with Crippen LogP contribution in [-0.4, -0.2) is 26.0 Å². The molecule has 0 atom stereocenters. The number of aryl methyl sites for hydroxylation is 1. The second-order valence-corrected chi connectivity index (χ2v) is 5.74. The summed E-state index contributed by atoms with van der Waals surface area (Å²) < 4.78 is 28.3. The van der Waals surface area contributed by atoms with Gasteiger partial charge in [0.2, 0.25) is 0 Å². The molecule has 0 saturated carbocycles. The van der Waals surface area contributed by atoms with E-state index in [-0.39, 0.29) is 11.3 Å². The Labute approximate surface area is 159 Å². The van der Waals surface area contributed by atoms with Gasteiger partial charge in [0, 0.05) is 17.3 Å². The average Bonchev–Trinajstić information content (AvgIpc) is 2.66. The number of carboxylic acids is 1. The van der Waals surface area contributed by atoms with E-state index in [9.17, 15) is 13.6 Å². The van der Waals surface area contributed by atoms with Gasteiger partial charge >= 0.3 is 5.97 Å². The normalized spacial score (nSPS) is 10.2. The van der Waals surface area contributed by atoms with Gasteiger partial charge in [0.05, 0.1) is 17.0 Å². The number of hydrogen-bond donors (Lipinski definition) is 2. The fourth-order valence-electron chi connectivity index (χ4n) is 2.57. The third kappa shape index (κ3) is 3.78. The van der Waals surface area contributed by atoms with Crippen LogP contribution in [0.25, 0.3) is 11.3 Å². The predicted octanol–water partition coefficient (Wildman–Crippen LogP) is 3.06. The zero-order chi connectivity index (χ0) is 20.3. The second kappa shape index (κ2) is 7.80. The predicted molar refractivity (Wildman–Crippen MR) is 98.4 cm³/mol. The highest BCUT2D eigenvalue weighted by molar-refractivity contribution is 5.89. The minimum Gasteiger partial charge on any atom is -0.477 e. The van der Waals surface area contributed by atoms with Crippen LogP contribution >= 0.6 is 0 Å². The highest BCUT2D eigenvalue weighted by atomic mass is 19.1. The topological polar surface area (TPSA) is 102 Å². The summed E-state index contributed by atoms with van der Waals surface area (Å²) in [6, 6.07) is 5.13. The van der Waals surface area contributed by atoms with Crippen LogP contribution in [-0.2, 0) is 6.42 Å². The van der Waals surface area contributed by atoms with Gasteiger partial charge in [-0.05, 0) is 30.7 Å². The molecular formula is C20H14F2N4O2. The molecular weight excluding hydrogens is 366 g/mol. The Bertz CT molecular complexity index is 1100. The van der Waals surface area contributed by atoms with E-state index in [1.54, 1.807) is 12.1 Å². The number of carboxylic acid groups (broad SMARTS) is 1. The molecule has 0 bridgehead atoms. The SMILES string of the molecule is CCc1ncnc(-c2cc(F)c(C(=O)O)c(F)c2)c1C#Cc1ccc(N)nc1. The molecule has 1 aromatic carbocycles. The van der Waals surface area contributed by atoms with Crippen molar-refractivity contribution in [2.24, 2.45) is 0 Å². The van der Waals surface area contributed by atoms with Crippen LogP contribution in [0, 0.1) is 23.5 Å². The molecule has 3 N–H and O–H groups in total. The first kappa shape index (κ1) is 18.9. The van der Waals surface area contributed by atoms with E-state index in [2.05, 4.69) is 26.8 Å². The zero-order valence-electron chi connectivity index (χ0n) is 14.7. The summed E-state index contributed by atoms with van der Waals surface area (Å²) in [5.41, 5.74) is 6.37. The number of aromatic carboxylic acids is 1. The van der Waals surface area contributed by atoms with E-state index in [0.29, 0.717) is 29.1 Å². The molecule has 0 amide bonds. The Morgan fingerprint density at radius 2 is 1.86 bits per heavy atom. The van der Waals surface area contributed by atoms with Gasteiger partial charge in [-0.15, -0.1) is 0 Å². The molecule has 28 heavy (non-hydrogen) atoms. The molecule has 8 heteroatoms. The summed E-state index contributed by atoms with van der Waals surface area (Å²) in [4.78, 5) is 23.2. The quantitative estimate of drug-likeness (QED) is 0.677. The maximum absolute atomic E-state index is 14.1. The van der Waals surface area contributed by atoms with Crippen LogP contribution in [0.15, 0.2) is 36.8 Å². The van der Waals surface area contributed by atoms with Crippen LogP contribution in [0.5, 0.6) is 0 Å². The van der Waals surface area contributed by atoms with Crippen molar-refractivity contribution in [2.75, 3.05) is 5.73 Å². The van der Waals surface area contributed by atoms with E-state index >= 15 is 0 Å². The monoisotopic (exact) mass is 380 g/mol. The first-order chi connectivity index (χ1) is 13.4. The summed E-state index contributed by atoms with van der Waals surface area (Å²) in [6.07, 6.45) is 3.28. The number of pyridine rings is 1. The van der Waals surface area contributed by atoms with Gasteiger partial charge in [-0.3, -0.25) is 0 Å². The van der Waals surface area contributed by atoms with Crippen molar-refractivity contribution >= 4 is 11.8 Å². The third-order valence-corrected chi connectivity index (χ3v) is 3.91. The van der Waals surface area contributed by atoms with Crippen molar-refractivity contribution in [3.05, 3.63) is 70.8 Å². The molecule has 0 aliphatic rings. The first-order valence-electron chi connectivity index (χ1n) is 8.20. The highest BCUT2D eigenvalue weighted by Crippen LogP contribution is 2.27. The smallest absolute Gasteiger partial charge is 0.341 e. The lowest BCUT2D eigenvalue weighted by atomic mass is 10.0. The number of halogens is 2. The Morgan fingerprint density at radius 3 is 2.43 bits per heavy atom. The Hall–Kier alpha value is -3.86. The summed E-state index contributed by atoms with van der Waals surface area (Å²) >= 11 is 0. The van der Waals surface area contributed by atoms with Crippen LogP contribution in [0.4, 0.5) is 14.6 Å². The van der Waals surface area contributed by atoms with Crippen LogP contribution < -0.4 is 5.73 Å². The van der Waals surface area contributed by atoms with Crippen LogP contribution in [0.2, 0.25) is 0 Å². The van der Waals surface area contributed by atoms with Gasteiger partial charge in [-0.1, -0.05) is 18.8 Å². The Kier molecular flexibility index (Phi) is 5.27. The maximum atomic E-state index is 14.1. The van der Waals surface area contributed by atoms with Crippen LogP contribution in [0.3, 0.4) is 0 Å². The number of nitrogens with zero attached hydrogens (tertiary/aromatic N) is 3. The van der Waals surface area contributed by atoms with Crippen molar-refractivity contribution in [3.63, 3.8) is 0 Å². The molecule has 6 nitrogen and oxygen atoms in total. The van der Waals surface area contributed by atoms with Crippen molar-refractivity contribution in [1.29, 1.82) is 0 Å². The highest BCUT2D eigenvalue weighted by Gasteiger charge is 2.20. The molecule has 0 unspecified atom stereocenters. The van der Waals surface area contributed by atoms with Gasteiger partial charge in [0.25, 0.3) is 0 Å². The van der Waals surface area contributed by atoms with E-state index in [4.69, 9.17) is 10.8 Å². The lowest BCUT2D eigenvalue weighted by molar-refractivity contribution is 0.0686. The van der Waals surface area contributed by atoms with E-state index in [0.717, 1.165) is 12.1 Å². The molecule has 0 radical (unpaired) electrons. The standard InChI is InChI=1S/C20H14F2N4O2/c1-2-16-13(5-3-11-4-6-17(23)24-9-11)19(26-10-25-16)12-7-14(21)18(20(27)28)15(22)8-12/h4,6-10H,2H2,1H3,(H2,23,24)(H,27,28). The Balaban J connectivity index is 2.16. The minimum absolute atomic E-state index is 0.0665. The van der Waals surface area contributed by atoms with Gasteiger partial charge in [0.1, 0.15) is 29.3 Å². The molecule has 2 aromatic heterocycles. The molecule has 140 valence electrons. The van der Waals surface area contributed by atoms with Crippen LogP contribution in [0.1, 0.15) is 34.1 Å². The molecule has 3 rings (SSSR count). The number of nitrogen functional groups attached to an aromatic ring is 1. The molecule has 0 fully saturated rings. The third-order valence-electron chi connectivity index (χ3n) is 3.91. The van der Waals surface area contributed by atoms with Gasteiger partial charge in [-0.2, -0.15) is 0 Å². The van der Waals surface area contributed by atoms with E-state index in [1.807, 2.05) is 6.92 Å². The molecule has 0 aliphatic carbocycles. The van der Waals surface area contributed by atoms with Crippen molar-refractivity contribution < 1.29 is 18.7 Å². The fraction of sp³-hybridized carbons (Fsp3) is 0.100. The number of rotatable bonds is 3. The average molecular weight is 380 g/mol. The second-order valence-electron chi connectivity index (χ2n) is 5.74. The summed E-state index contributed by atoms with van der Waals surface area (Å²) in [5.74, 6) is 2.11. The Morgan fingerprint density at radius 1 is 1.14 bits per heavy atom. The van der Waals surface area contributed by atoms with E-state index in [1.165, 1.54) is 12.5 Å². The molecule has 0 saturated heterocycles. The number of hydrogen-bond acceptors (Lipinski definition) is 5. The largest absolute Gasteiger partial charge is 0.477 e. The number of nitrogens with two attached hydrogens (primary N) is 1. The lowest BCUT2D eigenvalue weighted by Crippen LogP contribution is -2.06. The lowest BCUT2D eigenvalue weighted by Gasteiger charge is -2.09. The van der Waals surface area contributed by atoms with Crippen molar-refractivity contribution in [1.82, 2.24) is 15.0 Å². The summed E-state index contributed by atoms with van der Waals surface area (Å²) in [5, 5.41) is 8.93.